The molecule has 130 valence electrons. The van der Waals surface area contributed by atoms with Crippen LogP contribution < -0.4 is 5.32 Å². The summed E-state index contributed by atoms with van der Waals surface area (Å²) in [6.45, 7) is 14.2. The Balaban J connectivity index is 1.89. The Morgan fingerprint density at radius 3 is 2.46 bits per heavy atom. The van der Waals surface area contributed by atoms with E-state index in [0.717, 1.165) is 31.5 Å². The molecule has 0 fully saturated rings. The highest BCUT2D eigenvalue weighted by atomic mass is 14.9. The molecule has 0 saturated carbocycles. The van der Waals surface area contributed by atoms with Crippen LogP contribution in [-0.2, 0) is 0 Å². The summed E-state index contributed by atoms with van der Waals surface area (Å²) >= 11 is 0. The number of rotatable bonds is 8. The number of nitrogens with one attached hydrogen (secondary N) is 1. The molecule has 24 heavy (non-hydrogen) atoms. The highest BCUT2D eigenvalue weighted by molar-refractivity contribution is 5.40. The summed E-state index contributed by atoms with van der Waals surface area (Å²) in [6, 6.07) is 9.00. The summed E-state index contributed by atoms with van der Waals surface area (Å²) in [5, 5.41) is 3.57. The van der Waals surface area contributed by atoms with Gasteiger partial charge in [0.05, 0.1) is 0 Å². The van der Waals surface area contributed by atoms with E-state index >= 15 is 0 Å². The molecular formula is C23H33N. The van der Waals surface area contributed by atoms with E-state index in [9.17, 15) is 0 Å². The number of hydrogen-bond acceptors (Lipinski definition) is 1. The predicted octanol–water partition coefficient (Wildman–Crippen LogP) is 6.43. The van der Waals surface area contributed by atoms with Crippen LogP contribution in [0.3, 0.4) is 0 Å². The molecule has 1 aliphatic carbocycles. The zero-order valence-electron chi connectivity index (χ0n) is 15.9. The fraction of sp³-hybridized carbons (Fsp3) is 0.478. The summed E-state index contributed by atoms with van der Waals surface area (Å²) in [5.41, 5.74) is 8.33. The van der Waals surface area contributed by atoms with Gasteiger partial charge in [0, 0.05) is 12.2 Å². The van der Waals surface area contributed by atoms with Gasteiger partial charge in [-0.2, -0.15) is 0 Å². The lowest BCUT2D eigenvalue weighted by molar-refractivity contribution is 0.582. The largest absolute Gasteiger partial charge is 0.385 e. The van der Waals surface area contributed by atoms with Gasteiger partial charge in [0.25, 0.3) is 0 Å². The molecule has 1 aromatic carbocycles. The molecule has 0 spiro atoms. The summed E-state index contributed by atoms with van der Waals surface area (Å²) in [5.74, 6) is 0.625. The van der Waals surface area contributed by atoms with Crippen molar-refractivity contribution in [3.05, 3.63) is 70.5 Å². The van der Waals surface area contributed by atoms with Gasteiger partial charge in [-0.15, -0.1) is 0 Å². The monoisotopic (exact) mass is 323 g/mol. The van der Waals surface area contributed by atoms with Crippen molar-refractivity contribution in [1.29, 1.82) is 0 Å². The van der Waals surface area contributed by atoms with Crippen LogP contribution in [-0.4, -0.2) is 6.54 Å². The highest BCUT2D eigenvalue weighted by Gasteiger charge is 2.13. The minimum Gasteiger partial charge on any atom is -0.385 e. The predicted molar refractivity (Wildman–Crippen MR) is 106 cm³/mol. The molecule has 1 atom stereocenters. The third-order valence-electron chi connectivity index (χ3n) is 5.31. The lowest BCUT2D eigenvalue weighted by atomic mass is 9.90. The van der Waals surface area contributed by atoms with E-state index in [1.54, 1.807) is 5.57 Å². The van der Waals surface area contributed by atoms with E-state index in [1.807, 2.05) is 0 Å². The molecule has 0 aromatic heterocycles. The van der Waals surface area contributed by atoms with Crippen LogP contribution in [0.4, 0.5) is 0 Å². The lowest BCUT2D eigenvalue weighted by Crippen LogP contribution is -2.18. The molecule has 1 heteroatoms. The topological polar surface area (TPSA) is 12.0 Å². The lowest BCUT2D eigenvalue weighted by Gasteiger charge is -2.21. The Morgan fingerprint density at radius 2 is 1.83 bits per heavy atom. The minimum absolute atomic E-state index is 0.625. The number of allylic oxidation sites excluding steroid dienone is 4. The Bertz CT molecular complexity index is 616. The van der Waals surface area contributed by atoms with Gasteiger partial charge in [0.2, 0.25) is 0 Å². The maximum atomic E-state index is 4.28. The van der Waals surface area contributed by atoms with Gasteiger partial charge in [0.1, 0.15) is 0 Å². The van der Waals surface area contributed by atoms with Crippen LogP contribution >= 0.6 is 0 Å². The average Bonchev–Trinajstić information content (AvgIpc) is 2.60. The van der Waals surface area contributed by atoms with Crippen LogP contribution in [0.1, 0.15) is 69.9 Å². The third kappa shape index (κ3) is 4.87. The van der Waals surface area contributed by atoms with E-state index < -0.39 is 0 Å². The van der Waals surface area contributed by atoms with Gasteiger partial charge in [-0.05, 0) is 68.6 Å². The number of benzene rings is 1. The summed E-state index contributed by atoms with van der Waals surface area (Å²) in [7, 11) is 0. The summed E-state index contributed by atoms with van der Waals surface area (Å²) in [4.78, 5) is 0. The van der Waals surface area contributed by atoms with Crippen molar-refractivity contribution in [3.63, 3.8) is 0 Å². The fourth-order valence-electron chi connectivity index (χ4n) is 3.49. The van der Waals surface area contributed by atoms with Crippen molar-refractivity contribution in [2.45, 2.75) is 65.7 Å². The van der Waals surface area contributed by atoms with Crippen LogP contribution in [0, 0.1) is 6.92 Å². The van der Waals surface area contributed by atoms with Crippen LogP contribution in [0.15, 0.2) is 59.3 Å². The Hall–Kier alpha value is -1.76. The van der Waals surface area contributed by atoms with E-state index in [-0.39, 0.29) is 0 Å². The molecule has 0 amide bonds. The van der Waals surface area contributed by atoms with Crippen LogP contribution in [0.2, 0.25) is 0 Å². The van der Waals surface area contributed by atoms with Crippen molar-refractivity contribution in [1.82, 2.24) is 5.32 Å². The van der Waals surface area contributed by atoms with Crippen LogP contribution in [0.5, 0.6) is 0 Å². The molecule has 0 heterocycles. The second-order valence-corrected chi connectivity index (χ2v) is 7.04. The van der Waals surface area contributed by atoms with Gasteiger partial charge in [-0.1, -0.05) is 61.9 Å². The number of hydrogen-bond donors (Lipinski definition) is 1. The Kier molecular flexibility index (Phi) is 6.90. The summed E-state index contributed by atoms with van der Waals surface area (Å²) < 4.78 is 0. The molecule has 0 saturated heterocycles. The third-order valence-corrected chi connectivity index (χ3v) is 5.31. The molecular weight excluding hydrogens is 290 g/mol. The van der Waals surface area contributed by atoms with Gasteiger partial charge >= 0.3 is 0 Å². The standard InChI is InChI=1S/C23H33N/c1-6-20(22-11-8-17(3)9-12-22)14-15-24-19(5)23-13-10-18(4)21(7-2)16-23/h8-9,11-12,16,20,24H,5-7,10,13-15H2,1-4H3. The highest BCUT2D eigenvalue weighted by Crippen LogP contribution is 2.28. The number of aryl methyl sites for hydroxylation is 1. The van der Waals surface area contributed by atoms with Gasteiger partial charge in [-0.25, -0.2) is 0 Å². The molecule has 1 N–H and O–H groups in total. The minimum atomic E-state index is 0.625. The van der Waals surface area contributed by atoms with E-state index in [1.165, 1.54) is 35.1 Å². The molecule has 0 bridgehead atoms. The summed E-state index contributed by atoms with van der Waals surface area (Å²) in [6.07, 6.45) is 8.11. The first-order valence-corrected chi connectivity index (χ1v) is 9.44. The van der Waals surface area contributed by atoms with E-state index in [0.29, 0.717) is 5.92 Å². The van der Waals surface area contributed by atoms with Crippen molar-refractivity contribution in [3.8, 4) is 0 Å². The van der Waals surface area contributed by atoms with Crippen molar-refractivity contribution >= 4 is 0 Å². The molecule has 0 aliphatic heterocycles. The van der Waals surface area contributed by atoms with Gasteiger partial charge in [-0.3, -0.25) is 0 Å². The Labute approximate surface area is 148 Å². The smallest absolute Gasteiger partial charge is 0.0299 e. The van der Waals surface area contributed by atoms with E-state index in [2.05, 4.69) is 69.9 Å². The molecule has 0 radical (unpaired) electrons. The first-order valence-electron chi connectivity index (χ1n) is 9.44. The average molecular weight is 324 g/mol. The van der Waals surface area contributed by atoms with Gasteiger partial charge < -0.3 is 5.32 Å². The van der Waals surface area contributed by atoms with Gasteiger partial charge in [0.15, 0.2) is 0 Å². The van der Waals surface area contributed by atoms with Crippen LogP contribution in [0.25, 0.3) is 0 Å². The molecule has 1 unspecified atom stereocenters. The SMILES string of the molecule is C=C(NCCC(CC)c1ccc(C)cc1)C1=CC(CC)=C(C)CC1. The maximum absolute atomic E-state index is 4.28. The molecule has 2 rings (SSSR count). The maximum Gasteiger partial charge on any atom is 0.0299 e. The molecule has 1 aliphatic rings. The molecule has 1 aromatic rings. The fourth-order valence-corrected chi connectivity index (χ4v) is 3.49. The van der Waals surface area contributed by atoms with Crippen molar-refractivity contribution in [2.24, 2.45) is 0 Å². The molecule has 1 nitrogen and oxygen atoms in total. The second-order valence-electron chi connectivity index (χ2n) is 7.04. The Morgan fingerprint density at radius 1 is 1.12 bits per heavy atom. The first kappa shape index (κ1) is 18.6. The zero-order valence-corrected chi connectivity index (χ0v) is 15.9. The zero-order chi connectivity index (χ0) is 17.5. The quantitative estimate of drug-likeness (QED) is 0.581. The normalized spacial score (nSPS) is 15.9. The first-order chi connectivity index (χ1) is 11.5. The van der Waals surface area contributed by atoms with E-state index in [4.69, 9.17) is 0 Å². The second kappa shape index (κ2) is 8.92. The van der Waals surface area contributed by atoms with Crippen molar-refractivity contribution < 1.29 is 0 Å². The van der Waals surface area contributed by atoms with Crippen molar-refractivity contribution in [2.75, 3.05) is 6.54 Å².